The first-order valence-corrected chi connectivity index (χ1v) is 4.92. The summed E-state index contributed by atoms with van der Waals surface area (Å²) in [4.78, 5) is 0. The average molecular weight is 252 g/mol. The third-order valence-electron chi connectivity index (χ3n) is 1.63. The van der Waals surface area contributed by atoms with E-state index in [0.29, 0.717) is 5.15 Å². The van der Waals surface area contributed by atoms with E-state index in [4.69, 9.17) is 11.6 Å². The third kappa shape index (κ3) is 1.67. The predicted octanol–water partition coefficient (Wildman–Crippen LogP) is 3.36. The van der Waals surface area contributed by atoms with Crippen molar-refractivity contribution in [3.8, 4) is 0 Å². The van der Waals surface area contributed by atoms with Crippen molar-refractivity contribution >= 4 is 27.5 Å². The molecular weight excluding hydrogens is 239 g/mol. The van der Waals surface area contributed by atoms with Crippen molar-refractivity contribution in [2.75, 3.05) is 0 Å². The molecule has 0 aromatic carbocycles. The Morgan fingerprint density at radius 1 is 1.42 bits per heavy atom. The molecule has 0 bridgehead atoms. The van der Waals surface area contributed by atoms with Gasteiger partial charge in [0.1, 0.15) is 4.60 Å². The van der Waals surface area contributed by atoms with Crippen LogP contribution in [-0.4, -0.2) is 9.78 Å². The van der Waals surface area contributed by atoms with Gasteiger partial charge in [0.25, 0.3) is 0 Å². The second-order valence-electron chi connectivity index (χ2n) is 3.79. The molecule has 0 atom stereocenters. The third-order valence-corrected chi connectivity index (χ3v) is 2.92. The summed E-state index contributed by atoms with van der Waals surface area (Å²) in [7, 11) is 0. The lowest BCUT2D eigenvalue weighted by molar-refractivity contribution is 0.348. The molecule has 0 saturated heterocycles. The van der Waals surface area contributed by atoms with Gasteiger partial charge < -0.3 is 0 Å². The summed E-state index contributed by atoms with van der Waals surface area (Å²) in [5.41, 5.74) is 0.961. The van der Waals surface area contributed by atoms with Crippen molar-refractivity contribution in [1.82, 2.24) is 9.78 Å². The number of hydrogen-bond donors (Lipinski definition) is 0. The minimum absolute atomic E-state index is 0.0310. The summed E-state index contributed by atoms with van der Waals surface area (Å²) in [5, 5.41) is 4.78. The second kappa shape index (κ2) is 3.04. The van der Waals surface area contributed by atoms with Gasteiger partial charge in [0, 0.05) is 5.56 Å². The van der Waals surface area contributed by atoms with Gasteiger partial charge in [-0.15, -0.1) is 0 Å². The molecule has 1 rings (SSSR count). The first-order chi connectivity index (χ1) is 5.34. The second-order valence-corrected chi connectivity index (χ2v) is 4.90. The van der Waals surface area contributed by atoms with Crippen LogP contribution in [0.4, 0.5) is 0 Å². The highest BCUT2D eigenvalue weighted by Gasteiger charge is 2.20. The molecule has 0 spiro atoms. The van der Waals surface area contributed by atoms with Crippen LogP contribution >= 0.6 is 27.5 Å². The van der Waals surface area contributed by atoms with Crippen LogP contribution in [0.5, 0.6) is 0 Å². The minimum atomic E-state index is -0.0310. The lowest BCUT2D eigenvalue weighted by Gasteiger charge is -2.20. The summed E-state index contributed by atoms with van der Waals surface area (Å²) in [6.45, 7) is 8.20. The zero-order chi connectivity index (χ0) is 9.52. The SMILES string of the molecule is Cc1c(Cl)nn(C(C)(C)C)c1Br. The van der Waals surface area contributed by atoms with E-state index in [1.165, 1.54) is 0 Å². The fourth-order valence-electron chi connectivity index (χ4n) is 0.895. The van der Waals surface area contributed by atoms with Crippen molar-refractivity contribution < 1.29 is 0 Å². The van der Waals surface area contributed by atoms with Crippen LogP contribution in [0.2, 0.25) is 5.15 Å². The van der Waals surface area contributed by atoms with Gasteiger partial charge in [-0.25, -0.2) is 0 Å². The van der Waals surface area contributed by atoms with E-state index in [1.54, 1.807) is 0 Å². The largest absolute Gasteiger partial charge is 0.251 e. The maximum Gasteiger partial charge on any atom is 0.155 e. The first kappa shape index (κ1) is 10.1. The van der Waals surface area contributed by atoms with Crippen LogP contribution in [0.25, 0.3) is 0 Å². The van der Waals surface area contributed by atoms with E-state index in [9.17, 15) is 0 Å². The predicted molar refractivity (Wildman–Crippen MR) is 54.7 cm³/mol. The van der Waals surface area contributed by atoms with E-state index in [0.717, 1.165) is 10.2 Å². The number of aromatic nitrogens is 2. The van der Waals surface area contributed by atoms with Gasteiger partial charge in [-0.05, 0) is 43.6 Å². The molecule has 1 heterocycles. The first-order valence-electron chi connectivity index (χ1n) is 3.75. The molecule has 1 aromatic heterocycles. The Morgan fingerprint density at radius 2 is 1.92 bits per heavy atom. The van der Waals surface area contributed by atoms with Crippen molar-refractivity contribution in [3.05, 3.63) is 15.3 Å². The van der Waals surface area contributed by atoms with Crippen molar-refractivity contribution in [1.29, 1.82) is 0 Å². The van der Waals surface area contributed by atoms with Gasteiger partial charge in [0.05, 0.1) is 5.54 Å². The number of hydrogen-bond acceptors (Lipinski definition) is 1. The molecular formula is C8H12BrClN2. The molecule has 12 heavy (non-hydrogen) atoms. The summed E-state index contributed by atoms with van der Waals surface area (Å²) in [5.74, 6) is 0. The van der Waals surface area contributed by atoms with Crippen molar-refractivity contribution in [3.63, 3.8) is 0 Å². The Hall–Kier alpha value is -0.0200. The summed E-state index contributed by atoms with van der Waals surface area (Å²) in [6, 6.07) is 0. The Morgan fingerprint density at radius 3 is 2.08 bits per heavy atom. The standard InChI is InChI=1S/C8H12BrClN2/c1-5-6(9)12(8(2,3)4)11-7(5)10/h1-4H3. The molecule has 68 valence electrons. The van der Waals surface area contributed by atoms with E-state index in [2.05, 4.69) is 41.8 Å². The number of rotatable bonds is 0. The normalized spacial score (nSPS) is 12.2. The number of halogens is 2. The molecule has 0 aliphatic carbocycles. The lowest BCUT2D eigenvalue weighted by atomic mass is 10.1. The van der Waals surface area contributed by atoms with Crippen LogP contribution in [0.15, 0.2) is 4.60 Å². The van der Waals surface area contributed by atoms with Crippen LogP contribution in [-0.2, 0) is 5.54 Å². The molecule has 0 aliphatic heterocycles. The van der Waals surface area contributed by atoms with E-state index in [1.807, 2.05) is 11.6 Å². The molecule has 0 unspecified atom stereocenters. The van der Waals surface area contributed by atoms with Crippen LogP contribution < -0.4 is 0 Å². The number of nitrogens with zero attached hydrogens (tertiary/aromatic N) is 2. The van der Waals surface area contributed by atoms with Gasteiger partial charge in [0.2, 0.25) is 0 Å². The Labute approximate surface area is 86.0 Å². The molecule has 4 heteroatoms. The molecule has 0 aliphatic rings. The maximum atomic E-state index is 5.88. The topological polar surface area (TPSA) is 17.8 Å². The minimum Gasteiger partial charge on any atom is -0.251 e. The summed E-state index contributed by atoms with van der Waals surface area (Å²) in [6.07, 6.45) is 0. The Kier molecular flexibility index (Phi) is 2.55. The smallest absolute Gasteiger partial charge is 0.155 e. The molecule has 2 nitrogen and oxygen atoms in total. The fourth-order valence-corrected chi connectivity index (χ4v) is 1.97. The molecule has 0 radical (unpaired) electrons. The molecule has 0 N–H and O–H groups in total. The highest BCUT2D eigenvalue weighted by molar-refractivity contribution is 9.10. The van der Waals surface area contributed by atoms with Gasteiger partial charge in [0.15, 0.2) is 5.15 Å². The van der Waals surface area contributed by atoms with E-state index in [-0.39, 0.29) is 5.54 Å². The summed E-state index contributed by atoms with van der Waals surface area (Å²) < 4.78 is 2.84. The van der Waals surface area contributed by atoms with E-state index < -0.39 is 0 Å². The molecule has 0 fully saturated rings. The van der Waals surface area contributed by atoms with Gasteiger partial charge in [-0.3, -0.25) is 4.68 Å². The van der Waals surface area contributed by atoms with Crippen LogP contribution in [0.1, 0.15) is 26.3 Å². The molecule has 0 saturated carbocycles. The van der Waals surface area contributed by atoms with Crippen molar-refractivity contribution in [2.45, 2.75) is 33.2 Å². The van der Waals surface area contributed by atoms with Crippen LogP contribution in [0, 0.1) is 6.92 Å². The van der Waals surface area contributed by atoms with Gasteiger partial charge >= 0.3 is 0 Å². The van der Waals surface area contributed by atoms with Gasteiger partial charge in [-0.2, -0.15) is 5.10 Å². The van der Waals surface area contributed by atoms with Gasteiger partial charge in [-0.1, -0.05) is 11.6 Å². The maximum absolute atomic E-state index is 5.88. The van der Waals surface area contributed by atoms with Crippen molar-refractivity contribution in [2.24, 2.45) is 0 Å². The quantitative estimate of drug-likeness (QED) is 0.691. The average Bonchev–Trinajstić information content (AvgIpc) is 2.15. The van der Waals surface area contributed by atoms with Crippen LogP contribution in [0.3, 0.4) is 0 Å². The Balaban J connectivity index is 3.28. The van der Waals surface area contributed by atoms with E-state index >= 15 is 0 Å². The highest BCUT2D eigenvalue weighted by atomic mass is 79.9. The molecule has 1 aromatic rings. The monoisotopic (exact) mass is 250 g/mol. The fraction of sp³-hybridized carbons (Fsp3) is 0.625. The lowest BCUT2D eigenvalue weighted by Crippen LogP contribution is -2.23. The molecule has 0 amide bonds. The zero-order valence-electron chi connectivity index (χ0n) is 7.65. The zero-order valence-corrected chi connectivity index (χ0v) is 9.99. The Bertz CT molecular complexity index is 299. The highest BCUT2D eigenvalue weighted by Crippen LogP contribution is 2.28. The summed E-state index contributed by atoms with van der Waals surface area (Å²) >= 11 is 9.33.